The second-order valence-electron chi connectivity index (χ2n) is 4.88. The van der Waals surface area contributed by atoms with Gasteiger partial charge in [-0.25, -0.2) is 4.98 Å². The van der Waals surface area contributed by atoms with Crippen molar-refractivity contribution in [3.05, 3.63) is 58.8 Å². The summed E-state index contributed by atoms with van der Waals surface area (Å²) in [6, 6.07) is 13.2. The van der Waals surface area contributed by atoms with Crippen LogP contribution in [0.15, 0.2) is 47.1 Å². The number of halogens is 1. The Morgan fingerprint density at radius 2 is 1.95 bits per heavy atom. The van der Waals surface area contributed by atoms with Gasteiger partial charge < -0.3 is 4.42 Å². The molecule has 0 unspecified atom stereocenters. The summed E-state index contributed by atoms with van der Waals surface area (Å²) in [4.78, 5) is 3.10. The van der Waals surface area contributed by atoms with Gasteiger partial charge >= 0.3 is 0 Å². The van der Waals surface area contributed by atoms with Gasteiger partial charge in [-0.3, -0.25) is 5.73 Å². The van der Waals surface area contributed by atoms with E-state index < -0.39 is 0 Å². The van der Waals surface area contributed by atoms with Crippen LogP contribution < -0.4 is 10.7 Å². The Morgan fingerprint density at radius 1 is 1.23 bits per heavy atom. The van der Waals surface area contributed by atoms with E-state index in [0.717, 1.165) is 16.8 Å². The number of aromatic amines is 1. The van der Waals surface area contributed by atoms with Crippen LogP contribution in [0.25, 0.3) is 22.6 Å². The molecule has 22 heavy (non-hydrogen) atoms. The van der Waals surface area contributed by atoms with Gasteiger partial charge in [-0.2, -0.15) is 5.26 Å². The molecule has 108 valence electrons. The highest BCUT2D eigenvalue weighted by molar-refractivity contribution is 6.30. The largest absolute Gasteiger partial charge is 0.464 e. The van der Waals surface area contributed by atoms with Crippen LogP contribution in [0.1, 0.15) is 11.1 Å². The van der Waals surface area contributed by atoms with Gasteiger partial charge in [0.1, 0.15) is 17.5 Å². The van der Waals surface area contributed by atoms with Crippen LogP contribution >= 0.6 is 11.6 Å². The Labute approximate surface area is 132 Å². The molecule has 2 heterocycles. The number of aromatic nitrogens is 1. The predicted octanol–water partition coefficient (Wildman–Crippen LogP) is 3.84. The lowest BCUT2D eigenvalue weighted by molar-refractivity contribution is -0.347. The van der Waals surface area contributed by atoms with Crippen molar-refractivity contribution in [2.24, 2.45) is 0 Å². The second kappa shape index (κ2) is 5.55. The molecule has 0 amide bonds. The molecule has 0 bridgehead atoms. The molecule has 0 radical (unpaired) electrons. The SMILES string of the molecule is Cc1c(-c2ccc(Cl)cc2)[nH+]c(N)c(C#N)c1-c1ccco1. The first-order chi connectivity index (χ1) is 10.6. The van der Waals surface area contributed by atoms with E-state index >= 15 is 0 Å². The van der Waals surface area contributed by atoms with Crippen molar-refractivity contribution >= 4 is 17.4 Å². The summed E-state index contributed by atoms with van der Waals surface area (Å²) in [5.74, 6) is 0.925. The summed E-state index contributed by atoms with van der Waals surface area (Å²) < 4.78 is 5.47. The Kier molecular flexibility index (Phi) is 3.58. The molecule has 2 aromatic heterocycles. The zero-order valence-electron chi connectivity index (χ0n) is 11.9. The van der Waals surface area contributed by atoms with Gasteiger partial charge in [-0.1, -0.05) is 11.6 Å². The molecule has 0 aliphatic rings. The molecule has 0 fully saturated rings. The van der Waals surface area contributed by atoms with Crippen LogP contribution in [0.4, 0.5) is 5.82 Å². The highest BCUT2D eigenvalue weighted by atomic mass is 35.5. The maximum atomic E-state index is 9.41. The maximum absolute atomic E-state index is 9.41. The van der Waals surface area contributed by atoms with Crippen LogP contribution in [0.2, 0.25) is 5.02 Å². The second-order valence-corrected chi connectivity index (χ2v) is 5.32. The van der Waals surface area contributed by atoms with E-state index in [2.05, 4.69) is 11.1 Å². The Hall–Kier alpha value is -2.77. The predicted molar refractivity (Wildman–Crippen MR) is 85.0 cm³/mol. The molecule has 0 saturated carbocycles. The average molecular weight is 311 g/mol. The molecule has 5 heteroatoms. The highest BCUT2D eigenvalue weighted by Crippen LogP contribution is 2.34. The first-order valence-corrected chi connectivity index (χ1v) is 7.05. The topological polar surface area (TPSA) is 77.1 Å². The molecule has 0 aliphatic heterocycles. The number of rotatable bonds is 2. The molecule has 3 rings (SSSR count). The van der Waals surface area contributed by atoms with Crippen molar-refractivity contribution in [2.75, 3.05) is 5.73 Å². The number of H-pyrrole nitrogens is 1. The van der Waals surface area contributed by atoms with Crippen LogP contribution in [0.5, 0.6) is 0 Å². The van der Waals surface area contributed by atoms with Gasteiger partial charge in [0.25, 0.3) is 5.82 Å². The first-order valence-electron chi connectivity index (χ1n) is 6.67. The van der Waals surface area contributed by atoms with Gasteiger partial charge in [-0.15, -0.1) is 0 Å². The number of hydrogen-bond acceptors (Lipinski definition) is 3. The van der Waals surface area contributed by atoms with Crippen molar-refractivity contribution in [3.63, 3.8) is 0 Å². The third-order valence-electron chi connectivity index (χ3n) is 3.54. The summed E-state index contributed by atoms with van der Waals surface area (Å²) in [5, 5.41) is 10.1. The zero-order chi connectivity index (χ0) is 15.7. The van der Waals surface area contributed by atoms with E-state index in [1.54, 1.807) is 12.3 Å². The van der Waals surface area contributed by atoms with Gasteiger partial charge in [0.15, 0.2) is 5.56 Å². The van der Waals surface area contributed by atoms with Gasteiger partial charge in [0.05, 0.1) is 11.8 Å². The number of nitrogens with zero attached hydrogens (tertiary/aromatic N) is 1. The first kappa shape index (κ1) is 14.2. The van der Waals surface area contributed by atoms with E-state index in [1.807, 2.05) is 37.3 Å². The molecule has 3 N–H and O–H groups in total. The van der Waals surface area contributed by atoms with Crippen LogP contribution in [-0.2, 0) is 0 Å². The number of nitriles is 1. The van der Waals surface area contributed by atoms with Crippen molar-refractivity contribution < 1.29 is 9.40 Å². The number of nitrogens with two attached hydrogens (primary N) is 1. The Morgan fingerprint density at radius 3 is 2.55 bits per heavy atom. The average Bonchev–Trinajstić information content (AvgIpc) is 3.03. The van der Waals surface area contributed by atoms with E-state index in [-0.39, 0.29) is 0 Å². The fourth-order valence-corrected chi connectivity index (χ4v) is 2.61. The van der Waals surface area contributed by atoms with E-state index in [4.69, 9.17) is 21.8 Å². The number of benzene rings is 1. The smallest absolute Gasteiger partial charge is 0.289 e. The van der Waals surface area contributed by atoms with E-state index in [1.165, 1.54) is 0 Å². The van der Waals surface area contributed by atoms with E-state index in [9.17, 15) is 5.26 Å². The number of pyridine rings is 1. The standard InChI is InChI=1S/C17H12ClN3O/c1-10-15(14-3-2-8-22-14)13(9-19)17(20)21-16(10)11-4-6-12(18)7-5-11/h2-8H,1H3,(H2,20,21)/p+1. The molecule has 3 aromatic rings. The highest BCUT2D eigenvalue weighted by Gasteiger charge is 2.23. The normalized spacial score (nSPS) is 10.4. The third kappa shape index (κ3) is 2.32. The van der Waals surface area contributed by atoms with Gasteiger partial charge in [0, 0.05) is 16.1 Å². The lowest BCUT2D eigenvalue weighted by atomic mass is 9.96. The summed E-state index contributed by atoms with van der Waals surface area (Å²) in [7, 11) is 0. The Balaban J connectivity index is 2.30. The molecule has 1 aromatic carbocycles. The molecule has 0 saturated heterocycles. The third-order valence-corrected chi connectivity index (χ3v) is 3.79. The fraction of sp³-hybridized carbons (Fsp3) is 0.0588. The Bertz CT molecular complexity index is 862. The molecular weight excluding hydrogens is 298 g/mol. The van der Waals surface area contributed by atoms with Crippen LogP contribution in [0.3, 0.4) is 0 Å². The number of anilines is 1. The lowest BCUT2D eigenvalue weighted by Crippen LogP contribution is -2.18. The van der Waals surface area contributed by atoms with Crippen molar-refractivity contribution in [2.45, 2.75) is 6.92 Å². The number of nitrogens with one attached hydrogen (secondary N) is 1. The van der Waals surface area contributed by atoms with Crippen molar-refractivity contribution in [1.82, 2.24) is 0 Å². The zero-order valence-corrected chi connectivity index (χ0v) is 12.6. The minimum absolute atomic E-state index is 0.310. The molecule has 0 spiro atoms. The number of furan rings is 1. The van der Waals surface area contributed by atoms with Gasteiger partial charge in [0.2, 0.25) is 0 Å². The van der Waals surface area contributed by atoms with E-state index in [0.29, 0.717) is 27.7 Å². The fourth-order valence-electron chi connectivity index (χ4n) is 2.49. The quantitative estimate of drug-likeness (QED) is 0.781. The minimum Gasteiger partial charge on any atom is -0.464 e. The number of hydrogen-bond donors (Lipinski definition) is 1. The summed E-state index contributed by atoms with van der Waals surface area (Å²) >= 11 is 5.94. The molecule has 0 atom stereocenters. The summed E-state index contributed by atoms with van der Waals surface area (Å²) in [6.07, 6.45) is 1.57. The maximum Gasteiger partial charge on any atom is 0.289 e. The summed E-state index contributed by atoms with van der Waals surface area (Å²) in [5.41, 5.74) is 9.77. The molecular formula is C17H13ClN3O+. The molecule has 4 nitrogen and oxygen atoms in total. The van der Waals surface area contributed by atoms with Crippen LogP contribution in [0, 0.1) is 18.3 Å². The van der Waals surface area contributed by atoms with Gasteiger partial charge in [-0.05, 0) is 43.3 Å². The van der Waals surface area contributed by atoms with Crippen molar-refractivity contribution in [3.8, 4) is 28.7 Å². The number of nitrogen functional groups attached to an aromatic ring is 1. The molecule has 0 aliphatic carbocycles. The van der Waals surface area contributed by atoms with Crippen molar-refractivity contribution in [1.29, 1.82) is 5.26 Å². The minimum atomic E-state index is 0.310. The lowest BCUT2D eigenvalue weighted by Gasteiger charge is -2.10. The monoisotopic (exact) mass is 310 g/mol. The van der Waals surface area contributed by atoms with Crippen LogP contribution in [-0.4, -0.2) is 0 Å². The summed E-state index contributed by atoms with van der Waals surface area (Å²) in [6.45, 7) is 1.93.